The van der Waals surface area contributed by atoms with Crippen molar-refractivity contribution in [3.63, 3.8) is 0 Å². The number of ether oxygens (including phenoxy) is 1. The Morgan fingerprint density at radius 1 is 0.514 bits per heavy atom. The highest BCUT2D eigenvalue weighted by atomic mass is 31.2. The molecule has 0 aromatic heterocycles. The molecule has 70 heavy (non-hydrogen) atoms. The maximum absolute atomic E-state index is 13.4. The normalized spacial score (nSPS) is 14.6. The van der Waals surface area contributed by atoms with E-state index in [0.717, 1.165) is 83.5 Å². The zero-order valence-corrected chi connectivity index (χ0v) is 46.6. The first-order valence-electron chi connectivity index (χ1n) is 28.1. The average Bonchev–Trinajstić information content (AvgIpc) is 3.32. The van der Waals surface area contributed by atoms with Crippen LogP contribution in [0.25, 0.3) is 0 Å². The summed E-state index contributed by atoms with van der Waals surface area (Å²) in [6.07, 6.45) is 65.7. The predicted molar refractivity (Wildman–Crippen MR) is 300 cm³/mol. The number of carbonyl (C=O) groups is 2. The van der Waals surface area contributed by atoms with Crippen molar-refractivity contribution in [2.75, 3.05) is 40.9 Å². The summed E-state index contributed by atoms with van der Waals surface area (Å²) in [5, 5.41) is 2.99. The number of allylic oxidation sites excluding steroid dienone is 15. The minimum absolute atomic E-state index is 0.0201. The lowest BCUT2D eigenvalue weighted by atomic mass is 10.1. The number of unbranched alkanes of at least 4 members (excludes halogenated alkanes) is 19. The second-order valence-electron chi connectivity index (χ2n) is 19.7. The Hall–Kier alpha value is -3.07. The van der Waals surface area contributed by atoms with Gasteiger partial charge in [-0.3, -0.25) is 18.6 Å². The van der Waals surface area contributed by atoms with Gasteiger partial charge in [-0.1, -0.05) is 208 Å². The lowest BCUT2D eigenvalue weighted by molar-refractivity contribution is -0.870. The van der Waals surface area contributed by atoms with Gasteiger partial charge in [-0.15, -0.1) is 0 Å². The van der Waals surface area contributed by atoms with Gasteiger partial charge in [0, 0.05) is 12.8 Å². The Kier molecular flexibility index (Phi) is 47.3. The number of phosphoric acid groups is 1. The minimum Gasteiger partial charge on any atom is -0.456 e. The second-order valence-corrected chi connectivity index (χ2v) is 21.2. The summed E-state index contributed by atoms with van der Waals surface area (Å²) in [4.78, 5) is 37.5. The van der Waals surface area contributed by atoms with Crippen LogP contribution in [0, 0.1) is 0 Å². The van der Waals surface area contributed by atoms with E-state index >= 15 is 0 Å². The molecule has 0 aromatic carbocycles. The first kappa shape index (κ1) is 66.9. The molecule has 0 rings (SSSR count). The van der Waals surface area contributed by atoms with Crippen molar-refractivity contribution in [3.8, 4) is 0 Å². The van der Waals surface area contributed by atoms with Gasteiger partial charge in [-0.05, 0) is 96.0 Å². The summed E-state index contributed by atoms with van der Waals surface area (Å²) in [5.74, 6) is -0.629. The molecule has 0 spiro atoms. The van der Waals surface area contributed by atoms with E-state index < -0.39 is 20.0 Å². The number of hydrogen-bond acceptors (Lipinski definition) is 6. The maximum atomic E-state index is 13.4. The van der Waals surface area contributed by atoms with Gasteiger partial charge < -0.3 is 19.4 Å². The van der Waals surface area contributed by atoms with Gasteiger partial charge in [0.05, 0.1) is 33.8 Å². The molecule has 0 aliphatic rings. The lowest BCUT2D eigenvalue weighted by Gasteiger charge is -2.27. The first-order valence-corrected chi connectivity index (χ1v) is 29.6. The number of likely N-dealkylation sites (N-methyl/N-ethyl adjacent to an activating group) is 1. The summed E-state index contributed by atoms with van der Waals surface area (Å²) < 4.78 is 30.5. The van der Waals surface area contributed by atoms with E-state index in [1.165, 1.54) is 89.9 Å². The molecule has 0 radical (unpaired) electrons. The Balaban J connectivity index is 5.49. The van der Waals surface area contributed by atoms with Crippen LogP contribution in [0.15, 0.2) is 97.2 Å². The van der Waals surface area contributed by atoms with Crippen LogP contribution in [-0.4, -0.2) is 74.3 Å². The van der Waals surface area contributed by atoms with Crippen LogP contribution in [0.1, 0.15) is 220 Å². The van der Waals surface area contributed by atoms with Gasteiger partial charge in [0.25, 0.3) is 0 Å². The molecule has 2 N–H and O–H groups in total. The molecule has 0 fully saturated rings. The van der Waals surface area contributed by atoms with Crippen LogP contribution in [0.2, 0.25) is 0 Å². The highest BCUT2D eigenvalue weighted by Crippen LogP contribution is 2.43. The third kappa shape index (κ3) is 49.9. The number of carbonyl (C=O) groups excluding carboxylic acids is 2. The first-order chi connectivity index (χ1) is 33.9. The second kappa shape index (κ2) is 49.5. The number of rotatable bonds is 49. The highest BCUT2D eigenvalue weighted by molar-refractivity contribution is 7.47. The third-order valence-corrected chi connectivity index (χ3v) is 12.8. The fourth-order valence-electron chi connectivity index (χ4n) is 7.43. The molecule has 402 valence electrons. The van der Waals surface area contributed by atoms with Crippen molar-refractivity contribution < 1.29 is 37.3 Å². The predicted octanol–water partition coefficient (Wildman–Crippen LogP) is 16.8. The van der Waals surface area contributed by atoms with E-state index in [0.29, 0.717) is 23.9 Å². The van der Waals surface area contributed by atoms with Crippen molar-refractivity contribution in [1.29, 1.82) is 0 Å². The van der Waals surface area contributed by atoms with Gasteiger partial charge in [-0.25, -0.2) is 4.57 Å². The number of nitrogens with zero attached hydrogens (tertiary/aromatic N) is 1. The smallest absolute Gasteiger partial charge is 0.456 e. The molecular weight excluding hydrogens is 892 g/mol. The van der Waals surface area contributed by atoms with E-state index in [9.17, 15) is 19.0 Å². The summed E-state index contributed by atoms with van der Waals surface area (Å²) in [7, 11) is 1.43. The molecule has 0 bridgehead atoms. The maximum Gasteiger partial charge on any atom is 0.472 e. The lowest BCUT2D eigenvalue weighted by Crippen LogP contribution is -2.47. The van der Waals surface area contributed by atoms with Gasteiger partial charge in [-0.2, -0.15) is 0 Å². The molecule has 9 nitrogen and oxygen atoms in total. The van der Waals surface area contributed by atoms with Crippen LogP contribution in [0.4, 0.5) is 0 Å². The average molecular weight is 998 g/mol. The molecule has 1 amide bonds. The molecule has 0 aliphatic carbocycles. The Morgan fingerprint density at radius 3 is 1.40 bits per heavy atom. The molecular formula is C60H106N2O7P+. The van der Waals surface area contributed by atoms with Crippen molar-refractivity contribution in [1.82, 2.24) is 5.32 Å². The molecule has 0 aromatic rings. The largest absolute Gasteiger partial charge is 0.472 e. The zero-order chi connectivity index (χ0) is 51.5. The molecule has 0 saturated heterocycles. The minimum atomic E-state index is -4.47. The van der Waals surface area contributed by atoms with E-state index in [1.54, 1.807) is 0 Å². The van der Waals surface area contributed by atoms with E-state index in [1.807, 2.05) is 45.4 Å². The molecule has 0 saturated carbocycles. The number of phosphoric ester groups is 1. The van der Waals surface area contributed by atoms with Crippen LogP contribution in [0.5, 0.6) is 0 Å². The van der Waals surface area contributed by atoms with Gasteiger partial charge in [0.1, 0.15) is 19.3 Å². The van der Waals surface area contributed by atoms with E-state index in [4.69, 9.17) is 13.8 Å². The molecule has 3 atom stereocenters. The fourth-order valence-corrected chi connectivity index (χ4v) is 8.16. The van der Waals surface area contributed by atoms with Gasteiger partial charge in [0.15, 0.2) is 0 Å². The Labute approximate surface area is 430 Å². The molecule has 3 unspecified atom stereocenters. The highest BCUT2D eigenvalue weighted by Gasteiger charge is 2.30. The van der Waals surface area contributed by atoms with Crippen molar-refractivity contribution >= 4 is 19.7 Å². The summed E-state index contributed by atoms with van der Waals surface area (Å²) in [6.45, 7) is 6.80. The molecule has 0 aliphatic heterocycles. The summed E-state index contributed by atoms with van der Waals surface area (Å²) in [6, 6.07) is -0.898. The topological polar surface area (TPSA) is 111 Å². The number of hydrogen-bond donors (Lipinski definition) is 2. The zero-order valence-electron chi connectivity index (χ0n) is 45.7. The van der Waals surface area contributed by atoms with Crippen LogP contribution in [0.3, 0.4) is 0 Å². The quantitative estimate of drug-likeness (QED) is 0.0205. The van der Waals surface area contributed by atoms with Crippen LogP contribution >= 0.6 is 7.82 Å². The number of quaternary nitrogens is 1. The van der Waals surface area contributed by atoms with Crippen molar-refractivity contribution in [3.05, 3.63) is 97.2 Å². The van der Waals surface area contributed by atoms with Crippen molar-refractivity contribution in [2.24, 2.45) is 0 Å². The molecule has 10 heteroatoms. The van der Waals surface area contributed by atoms with Gasteiger partial charge >= 0.3 is 13.8 Å². The Morgan fingerprint density at radius 2 is 0.929 bits per heavy atom. The van der Waals surface area contributed by atoms with Gasteiger partial charge in [0.2, 0.25) is 5.91 Å². The molecule has 0 heterocycles. The SMILES string of the molecule is CC/C=C\C/C=C\C/C=C\C/C=C\C/C=C\C/C=C\CCC(=O)NC(COP(=O)(O)OCC[N+](C)(C)C)C(/C=C\CCCCCCCCCCC)OC(=O)CCCCC/C=C\CCCCCCCCC. The van der Waals surface area contributed by atoms with E-state index in [-0.39, 0.29) is 37.9 Å². The fraction of sp³-hybridized carbons (Fsp3) is 0.700. The van der Waals surface area contributed by atoms with E-state index in [2.05, 4.69) is 99.0 Å². The number of nitrogens with one attached hydrogen (secondary N) is 1. The number of amides is 1. The summed E-state index contributed by atoms with van der Waals surface area (Å²) in [5.41, 5.74) is 0. The monoisotopic (exact) mass is 998 g/mol. The van der Waals surface area contributed by atoms with Crippen molar-refractivity contribution in [2.45, 2.75) is 232 Å². The van der Waals surface area contributed by atoms with Crippen LogP contribution in [-0.2, 0) is 27.9 Å². The summed E-state index contributed by atoms with van der Waals surface area (Å²) >= 11 is 0. The standard InChI is InChI=1S/C60H105N2O7P/c1-7-10-13-16-19-22-25-27-29-30-31-32-33-34-37-40-43-46-49-52-59(63)61-57(56-68-70(65,66)67-55-54-62(4,5)6)58(51-48-45-42-39-36-24-21-18-15-12-9-3)69-60(64)53-50-47-44-41-38-35-28-26-23-20-17-14-11-8-2/h10,13,19,22,27,29,31-32,34-35,37-38,43,46,48,51,57-58H,7-9,11-12,14-18,20-21,23-26,28,30,33,36,39-42,44-45,47,49-50,52-56H2,1-6H3,(H-,61,63,65,66)/p+1/b13-10-,22-19-,29-27-,32-31-,37-34-,38-35-,46-43-,51-48-. The number of esters is 1. The third-order valence-electron chi connectivity index (χ3n) is 11.8. The Bertz CT molecular complexity index is 1520. The van der Waals surface area contributed by atoms with Crippen LogP contribution < -0.4 is 5.32 Å².